The van der Waals surface area contributed by atoms with Crippen LogP contribution in [-0.4, -0.2) is 9.13 Å². The van der Waals surface area contributed by atoms with Gasteiger partial charge in [0.2, 0.25) is 0 Å². The first-order valence-corrected chi connectivity index (χ1v) is 22.6. The molecule has 11 aromatic rings. The van der Waals surface area contributed by atoms with Crippen LogP contribution in [0.15, 0.2) is 103 Å². The van der Waals surface area contributed by atoms with Crippen molar-refractivity contribution in [2.75, 3.05) is 0 Å². The van der Waals surface area contributed by atoms with Gasteiger partial charge in [0, 0.05) is 52.5 Å². The van der Waals surface area contributed by atoms with Gasteiger partial charge < -0.3 is 0 Å². The van der Waals surface area contributed by atoms with Crippen LogP contribution in [0.5, 0.6) is 0 Å². The molecule has 0 saturated carbocycles. The van der Waals surface area contributed by atoms with Crippen LogP contribution in [0, 0.1) is 0 Å². The molecule has 0 unspecified atom stereocenters. The fourth-order valence-corrected chi connectivity index (χ4v) is 12.1. The molecule has 7 aromatic carbocycles. The third-order valence-electron chi connectivity index (χ3n) is 13.0. The van der Waals surface area contributed by atoms with Gasteiger partial charge in [-0.15, -0.1) is 22.7 Å². The lowest BCUT2D eigenvalue weighted by molar-refractivity contribution is 0.792. The van der Waals surface area contributed by atoms with Crippen molar-refractivity contribution in [3.63, 3.8) is 0 Å². The van der Waals surface area contributed by atoms with E-state index in [9.17, 15) is 0 Å². The standard InChI is InChI=1S/C52H42N2O4S2/c1-23(2)29-11-9-12-30(24(3)4)47(29)53-49(55)33-19-27-15-17-60-38-22-36-42-34(50(56)54(52(36)58)48-31(25(5)6)13-10-14-32(48)26(7)8)20-28-16-18-59-37-21-35(51(53)57)41(33)45-39(27)44(38)46(42)40(28)43(37)45/h9-26H,1-8H3. The maximum absolute atomic E-state index is 15.2. The van der Waals surface area contributed by atoms with Gasteiger partial charge in [0.15, 0.2) is 0 Å². The summed E-state index contributed by atoms with van der Waals surface area (Å²) < 4.78 is 4.68. The van der Waals surface area contributed by atoms with Gasteiger partial charge in [0.25, 0.3) is 22.2 Å². The Kier molecular flexibility index (Phi) is 7.89. The first-order chi connectivity index (χ1) is 28.8. The Hall–Kier alpha value is -5.96. The summed E-state index contributed by atoms with van der Waals surface area (Å²) in [6.45, 7) is 16.8. The zero-order valence-electron chi connectivity index (χ0n) is 34.7. The van der Waals surface area contributed by atoms with Crippen molar-refractivity contribution < 1.29 is 0 Å². The normalized spacial score (nSPS) is 12.9. The Morgan fingerprint density at radius 2 is 0.700 bits per heavy atom. The van der Waals surface area contributed by atoms with Crippen LogP contribution in [0.1, 0.15) is 101 Å². The van der Waals surface area contributed by atoms with E-state index in [1.54, 1.807) is 22.7 Å². The van der Waals surface area contributed by atoms with Crippen LogP contribution < -0.4 is 22.2 Å². The van der Waals surface area contributed by atoms with E-state index in [2.05, 4.69) is 67.5 Å². The van der Waals surface area contributed by atoms with Crippen molar-refractivity contribution in [1.82, 2.24) is 9.13 Å². The number of para-hydroxylation sites is 2. The predicted octanol–water partition coefficient (Wildman–Crippen LogP) is 12.9. The molecule has 0 fully saturated rings. The molecule has 0 saturated heterocycles. The summed E-state index contributed by atoms with van der Waals surface area (Å²) >= 11 is 3.08. The Bertz CT molecular complexity index is 3400. The highest BCUT2D eigenvalue weighted by molar-refractivity contribution is 7.17. The third kappa shape index (κ3) is 4.69. The van der Waals surface area contributed by atoms with Gasteiger partial charge in [-0.25, -0.2) is 9.13 Å². The molecular formula is C52H42N2O4S2. The number of hydrogen-bond donors (Lipinski definition) is 0. The number of pyridine rings is 2. The Morgan fingerprint density at radius 3 is 1.02 bits per heavy atom. The van der Waals surface area contributed by atoms with Gasteiger partial charge in [-0.3, -0.25) is 19.2 Å². The molecule has 6 nitrogen and oxygen atoms in total. The second-order valence-electron chi connectivity index (χ2n) is 17.8. The van der Waals surface area contributed by atoms with E-state index in [0.717, 1.165) is 74.7 Å². The van der Waals surface area contributed by atoms with Gasteiger partial charge >= 0.3 is 0 Å². The number of aromatic nitrogens is 2. The summed E-state index contributed by atoms with van der Waals surface area (Å²) in [5.74, 6) is 0.313. The molecular weight excluding hydrogens is 781 g/mol. The van der Waals surface area contributed by atoms with Crippen molar-refractivity contribution in [2.24, 2.45) is 0 Å². The fraction of sp³-hybridized carbons (Fsp3) is 0.231. The van der Waals surface area contributed by atoms with Crippen molar-refractivity contribution in [3.05, 3.63) is 147 Å². The molecule has 0 spiro atoms. The van der Waals surface area contributed by atoms with Crippen LogP contribution in [-0.2, 0) is 0 Å². The molecule has 8 heteroatoms. The molecule has 0 radical (unpaired) electrons. The van der Waals surface area contributed by atoms with Gasteiger partial charge in [0.1, 0.15) is 0 Å². The second-order valence-corrected chi connectivity index (χ2v) is 19.7. The lowest BCUT2D eigenvalue weighted by Gasteiger charge is -2.23. The van der Waals surface area contributed by atoms with Crippen molar-refractivity contribution >= 4 is 107 Å². The maximum atomic E-state index is 15.2. The molecule has 296 valence electrons. The van der Waals surface area contributed by atoms with E-state index >= 15 is 19.2 Å². The Morgan fingerprint density at radius 1 is 0.383 bits per heavy atom. The molecule has 0 aliphatic carbocycles. The molecule has 0 bridgehead atoms. The molecule has 60 heavy (non-hydrogen) atoms. The van der Waals surface area contributed by atoms with E-state index in [4.69, 9.17) is 0 Å². The van der Waals surface area contributed by atoms with E-state index in [0.29, 0.717) is 43.7 Å². The summed E-state index contributed by atoms with van der Waals surface area (Å²) in [6, 6.07) is 24.2. The summed E-state index contributed by atoms with van der Waals surface area (Å²) in [7, 11) is 0. The van der Waals surface area contributed by atoms with E-state index < -0.39 is 0 Å². The molecule has 4 aromatic heterocycles. The molecule has 11 rings (SSSR count). The van der Waals surface area contributed by atoms with Crippen molar-refractivity contribution in [1.29, 1.82) is 0 Å². The first kappa shape index (κ1) is 37.1. The molecule has 0 N–H and O–H groups in total. The minimum Gasteiger partial charge on any atom is -0.268 e. The van der Waals surface area contributed by atoms with Crippen LogP contribution in [0.25, 0.3) is 96.2 Å². The van der Waals surface area contributed by atoms with Gasteiger partial charge in [-0.2, -0.15) is 0 Å². The van der Waals surface area contributed by atoms with Crippen LogP contribution >= 0.6 is 22.7 Å². The van der Waals surface area contributed by atoms with Gasteiger partial charge in [0.05, 0.1) is 22.1 Å². The number of rotatable bonds is 6. The number of hydrogen-bond acceptors (Lipinski definition) is 6. The van der Waals surface area contributed by atoms with E-state index in [1.807, 2.05) is 71.4 Å². The van der Waals surface area contributed by atoms with E-state index in [1.165, 1.54) is 9.13 Å². The molecule has 0 amide bonds. The SMILES string of the molecule is CC(C)c1cccc(C(C)C)c1-n1c(=O)c2cc3ccsc4cc5c(=O)n(-c6c(C(C)C)cccc6C(C)C)c(=O)c6cc7ccsc8cc(c1=O)c2c1c3c4c(c65)c7c81. The largest absolute Gasteiger partial charge is 0.268 e. The molecule has 4 heterocycles. The minimum absolute atomic E-state index is 0.0783. The van der Waals surface area contributed by atoms with Crippen molar-refractivity contribution in [2.45, 2.75) is 79.1 Å². The van der Waals surface area contributed by atoms with Gasteiger partial charge in [-0.1, -0.05) is 91.8 Å². The highest BCUT2D eigenvalue weighted by Crippen LogP contribution is 2.51. The quantitative estimate of drug-likeness (QED) is 0.124. The highest BCUT2D eigenvalue weighted by Gasteiger charge is 2.30. The van der Waals surface area contributed by atoms with Crippen LogP contribution in [0.4, 0.5) is 0 Å². The lowest BCUT2D eigenvalue weighted by atomic mass is 9.83. The average molecular weight is 823 g/mol. The fourth-order valence-electron chi connectivity index (χ4n) is 10.4. The number of nitrogens with zero attached hydrogens (tertiary/aromatic N) is 2. The zero-order chi connectivity index (χ0) is 41.8. The Labute approximate surface area is 352 Å². The summed E-state index contributed by atoms with van der Waals surface area (Å²) in [4.78, 5) is 60.8. The lowest BCUT2D eigenvalue weighted by Crippen LogP contribution is -2.34. The zero-order valence-corrected chi connectivity index (χ0v) is 36.4. The van der Waals surface area contributed by atoms with Crippen LogP contribution in [0.2, 0.25) is 0 Å². The van der Waals surface area contributed by atoms with Gasteiger partial charge in [-0.05, 0) is 115 Å². The topological polar surface area (TPSA) is 78.1 Å². The summed E-state index contributed by atoms with van der Waals surface area (Å²) in [5.41, 5.74) is 3.89. The smallest absolute Gasteiger partial charge is 0.266 e. The second kappa shape index (κ2) is 12.8. The molecule has 0 aliphatic rings. The summed E-state index contributed by atoms with van der Waals surface area (Å²) in [5, 5.41) is 14.6. The number of benzene rings is 7. The van der Waals surface area contributed by atoms with Crippen LogP contribution in [0.3, 0.4) is 0 Å². The van der Waals surface area contributed by atoms with E-state index in [-0.39, 0.29) is 45.9 Å². The first-order valence-electron chi connectivity index (χ1n) is 20.9. The molecule has 0 aliphatic heterocycles. The highest BCUT2D eigenvalue weighted by atomic mass is 32.1. The molecule has 0 atom stereocenters. The average Bonchev–Trinajstić information content (AvgIpc) is 3.53. The monoisotopic (exact) mass is 822 g/mol. The minimum atomic E-state index is -0.329. The predicted molar refractivity (Wildman–Crippen MR) is 256 cm³/mol. The Balaban J connectivity index is 1.39. The maximum Gasteiger partial charge on any atom is 0.266 e. The van der Waals surface area contributed by atoms with Crippen molar-refractivity contribution in [3.8, 4) is 11.4 Å². The summed E-state index contributed by atoms with van der Waals surface area (Å²) in [6.07, 6.45) is 0. The third-order valence-corrected chi connectivity index (χ3v) is 14.7.